The number of nitrogens with one attached hydrogen (secondary N) is 2. The molecule has 3 heterocycles. The van der Waals surface area contributed by atoms with Crippen molar-refractivity contribution in [3.05, 3.63) is 59.4 Å². The zero-order chi connectivity index (χ0) is 32.0. The van der Waals surface area contributed by atoms with Crippen LogP contribution in [0.2, 0.25) is 0 Å². The number of likely N-dealkylation sites (tertiary alicyclic amines) is 1. The zero-order valence-electron chi connectivity index (χ0n) is 24.4. The van der Waals surface area contributed by atoms with Crippen molar-refractivity contribution in [2.45, 2.75) is 50.5 Å². The summed E-state index contributed by atoms with van der Waals surface area (Å²) in [6.07, 6.45) is -4.55. The van der Waals surface area contributed by atoms with Gasteiger partial charge in [0, 0.05) is 31.5 Å². The van der Waals surface area contributed by atoms with Gasteiger partial charge in [0.25, 0.3) is 11.8 Å². The zero-order valence-corrected chi connectivity index (χ0v) is 24.4. The van der Waals surface area contributed by atoms with E-state index in [4.69, 9.17) is 4.74 Å². The lowest BCUT2D eigenvalue weighted by atomic mass is 9.85. The molecule has 10 nitrogen and oxygen atoms in total. The van der Waals surface area contributed by atoms with Crippen molar-refractivity contribution in [1.82, 2.24) is 15.1 Å². The Kier molecular flexibility index (Phi) is 8.31. The molecule has 0 aliphatic carbocycles. The van der Waals surface area contributed by atoms with E-state index in [1.54, 1.807) is 26.0 Å². The Labute approximate surface area is 251 Å². The van der Waals surface area contributed by atoms with E-state index in [-0.39, 0.29) is 32.0 Å². The van der Waals surface area contributed by atoms with Crippen LogP contribution in [0.4, 0.5) is 33.7 Å². The quantitative estimate of drug-likeness (QED) is 0.360. The van der Waals surface area contributed by atoms with Crippen molar-refractivity contribution in [3.8, 4) is 0 Å². The lowest BCUT2D eigenvalue weighted by Crippen LogP contribution is -2.60. The summed E-state index contributed by atoms with van der Waals surface area (Å²) in [5.41, 5.74) is -1.88. The maximum absolute atomic E-state index is 14.4. The van der Waals surface area contributed by atoms with Crippen molar-refractivity contribution in [2.24, 2.45) is 5.92 Å². The Hall–Kier alpha value is -4.20. The van der Waals surface area contributed by atoms with Crippen molar-refractivity contribution in [2.75, 3.05) is 43.6 Å². The van der Waals surface area contributed by atoms with Crippen molar-refractivity contribution >= 4 is 35.1 Å². The number of hydrogen-bond donors (Lipinski definition) is 2. The molecule has 3 aliphatic heterocycles. The van der Waals surface area contributed by atoms with Crippen LogP contribution in [0.1, 0.15) is 42.6 Å². The van der Waals surface area contributed by atoms with E-state index in [1.807, 2.05) is 12.1 Å². The van der Waals surface area contributed by atoms with Gasteiger partial charge in [0.05, 0.1) is 30.4 Å². The number of ether oxygens (including phenoxy) is 1. The van der Waals surface area contributed by atoms with Crippen LogP contribution in [0.5, 0.6) is 0 Å². The van der Waals surface area contributed by atoms with E-state index in [0.29, 0.717) is 37.1 Å². The minimum Gasteiger partial charge on any atom is -0.378 e. The topological polar surface area (TPSA) is 111 Å². The molecule has 3 aliphatic rings. The van der Waals surface area contributed by atoms with Gasteiger partial charge in [-0.15, -0.1) is 0 Å². The van der Waals surface area contributed by atoms with Crippen LogP contribution in [0, 0.1) is 11.7 Å². The molecular weight excluding hydrogens is 586 g/mol. The van der Waals surface area contributed by atoms with E-state index in [2.05, 4.69) is 10.6 Å². The number of anilines is 2. The molecule has 2 aromatic carbocycles. The molecule has 3 saturated heterocycles. The van der Waals surface area contributed by atoms with Crippen LogP contribution in [0.15, 0.2) is 42.5 Å². The summed E-state index contributed by atoms with van der Waals surface area (Å²) in [6.45, 7) is 4.63. The minimum absolute atomic E-state index is 0.0700. The second-order valence-corrected chi connectivity index (χ2v) is 11.7. The standard InChI is InChI=1S/C30H33F4N5O5/c1-17(2)24(36-25(40)22-14-18(30(32,33)34)4-9-23(22)31)26(41)38-12-10-29(11-13-38)27(42)37(3)28(43)39(29)21-7-5-19(6-8-21)35-20-15-44-16-20/h4-9,14,17,20,24,35H,10-13,15-16H2,1-3H3,(H,36,40). The molecule has 2 N–H and O–H groups in total. The van der Waals surface area contributed by atoms with E-state index in [0.717, 1.165) is 10.6 Å². The molecule has 44 heavy (non-hydrogen) atoms. The summed E-state index contributed by atoms with van der Waals surface area (Å²) >= 11 is 0. The van der Waals surface area contributed by atoms with Crippen molar-refractivity contribution < 1.29 is 41.5 Å². The Morgan fingerprint density at radius 1 is 1.02 bits per heavy atom. The fourth-order valence-electron chi connectivity index (χ4n) is 5.79. The fraction of sp³-hybridized carbons (Fsp3) is 0.467. The predicted molar refractivity (Wildman–Crippen MR) is 151 cm³/mol. The highest BCUT2D eigenvalue weighted by Crippen LogP contribution is 2.41. The molecule has 5 amide bonds. The van der Waals surface area contributed by atoms with Gasteiger partial charge in [0.2, 0.25) is 5.91 Å². The lowest BCUT2D eigenvalue weighted by molar-refractivity contribution is -0.139. The van der Waals surface area contributed by atoms with Gasteiger partial charge in [-0.3, -0.25) is 24.2 Å². The summed E-state index contributed by atoms with van der Waals surface area (Å²) in [6, 6.07) is 7.19. The van der Waals surface area contributed by atoms with Gasteiger partial charge in [-0.05, 0) is 61.2 Å². The van der Waals surface area contributed by atoms with Gasteiger partial charge in [-0.1, -0.05) is 13.8 Å². The Morgan fingerprint density at radius 3 is 2.20 bits per heavy atom. The maximum atomic E-state index is 14.4. The molecule has 0 bridgehead atoms. The first kappa shape index (κ1) is 31.2. The molecule has 1 unspecified atom stereocenters. The second-order valence-electron chi connectivity index (χ2n) is 11.7. The number of imide groups is 1. The van der Waals surface area contributed by atoms with Gasteiger partial charge in [0.1, 0.15) is 17.4 Å². The van der Waals surface area contributed by atoms with E-state index >= 15 is 0 Å². The lowest BCUT2D eigenvalue weighted by Gasteiger charge is -2.43. The Balaban J connectivity index is 1.31. The van der Waals surface area contributed by atoms with Gasteiger partial charge >= 0.3 is 12.2 Å². The van der Waals surface area contributed by atoms with Gasteiger partial charge in [-0.25, -0.2) is 9.18 Å². The first-order valence-electron chi connectivity index (χ1n) is 14.3. The summed E-state index contributed by atoms with van der Waals surface area (Å²) in [4.78, 5) is 57.1. The number of urea groups is 1. The SMILES string of the molecule is CC(C)C(NC(=O)c1cc(C(F)(F)F)ccc1F)C(=O)N1CCC2(CC1)C(=O)N(C)C(=O)N2c1ccc(NC2COC2)cc1. The molecule has 1 spiro atoms. The largest absolute Gasteiger partial charge is 0.416 e. The molecule has 0 aromatic heterocycles. The smallest absolute Gasteiger partial charge is 0.378 e. The third-order valence-electron chi connectivity index (χ3n) is 8.40. The number of alkyl halides is 3. The van der Waals surface area contributed by atoms with Gasteiger partial charge < -0.3 is 20.3 Å². The summed E-state index contributed by atoms with van der Waals surface area (Å²) < 4.78 is 59.0. The molecule has 3 fully saturated rings. The van der Waals surface area contributed by atoms with Crippen LogP contribution in [0.25, 0.3) is 0 Å². The maximum Gasteiger partial charge on any atom is 0.416 e. The number of halogens is 4. The van der Waals surface area contributed by atoms with Gasteiger partial charge in [0.15, 0.2) is 0 Å². The van der Waals surface area contributed by atoms with Crippen LogP contribution in [-0.2, 0) is 20.5 Å². The first-order valence-corrected chi connectivity index (χ1v) is 14.3. The second kappa shape index (κ2) is 11.7. The number of amides is 5. The first-order chi connectivity index (χ1) is 20.7. The van der Waals surface area contributed by atoms with Crippen LogP contribution in [0.3, 0.4) is 0 Å². The van der Waals surface area contributed by atoms with E-state index < -0.39 is 64.4 Å². The summed E-state index contributed by atoms with van der Waals surface area (Å²) in [7, 11) is 1.41. The molecule has 14 heteroatoms. The molecule has 1 atom stereocenters. The highest BCUT2D eigenvalue weighted by molar-refractivity contribution is 6.16. The number of carbonyl (C=O) groups is 4. The summed E-state index contributed by atoms with van der Waals surface area (Å²) in [5.74, 6) is -3.71. The highest BCUT2D eigenvalue weighted by atomic mass is 19.4. The molecular formula is C30H33F4N5O5. The minimum atomic E-state index is -4.79. The normalized spacial score (nSPS) is 19.4. The molecule has 2 aromatic rings. The number of likely N-dealkylation sites (N-methyl/N-ethyl adjacent to an activating group) is 1. The van der Waals surface area contributed by atoms with Crippen molar-refractivity contribution in [3.63, 3.8) is 0 Å². The van der Waals surface area contributed by atoms with Crippen molar-refractivity contribution in [1.29, 1.82) is 0 Å². The molecule has 236 valence electrons. The average Bonchev–Trinajstić information content (AvgIpc) is 3.13. The molecule has 5 rings (SSSR count). The fourth-order valence-corrected chi connectivity index (χ4v) is 5.79. The number of hydrogen-bond acceptors (Lipinski definition) is 6. The number of nitrogens with zero attached hydrogens (tertiary/aromatic N) is 3. The van der Waals surface area contributed by atoms with E-state index in [9.17, 15) is 36.7 Å². The Bertz CT molecular complexity index is 1450. The number of carbonyl (C=O) groups excluding carboxylic acids is 4. The third kappa shape index (κ3) is 5.70. The number of rotatable bonds is 7. The highest BCUT2D eigenvalue weighted by Gasteiger charge is 2.58. The third-order valence-corrected chi connectivity index (χ3v) is 8.40. The molecule has 0 saturated carbocycles. The number of benzene rings is 2. The van der Waals surface area contributed by atoms with Crippen LogP contribution >= 0.6 is 0 Å². The van der Waals surface area contributed by atoms with Crippen LogP contribution < -0.4 is 15.5 Å². The Morgan fingerprint density at radius 2 is 1.66 bits per heavy atom. The summed E-state index contributed by atoms with van der Waals surface area (Å²) in [5, 5.41) is 5.72. The van der Waals surface area contributed by atoms with Crippen LogP contribution in [-0.4, -0.2) is 84.5 Å². The average molecular weight is 620 g/mol. The number of piperidine rings is 1. The van der Waals surface area contributed by atoms with Gasteiger partial charge in [-0.2, -0.15) is 13.2 Å². The predicted octanol–water partition coefficient (Wildman–Crippen LogP) is 3.87. The monoisotopic (exact) mass is 619 g/mol. The molecule has 0 radical (unpaired) electrons. The van der Waals surface area contributed by atoms with E-state index in [1.165, 1.54) is 16.8 Å².